The average Bonchev–Trinajstić information content (AvgIpc) is 3.17. The number of rotatable bonds is 4. The third-order valence-electron chi connectivity index (χ3n) is 5.61. The lowest BCUT2D eigenvalue weighted by atomic mass is 9.97. The van der Waals surface area contributed by atoms with Crippen molar-refractivity contribution in [2.24, 2.45) is 5.92 Å². The van der Waals surface area contributed by atoms with E-state index in [2.05, 4.69) is 20.2 Å². The maximum Gasteiger partial charge on any atom is 0.225 e. The topological polar surface area (TPSA) is 71.3 Å². The molecule has 7 heteroatoms. The summed E-state index contributed by atoms with van der Waals surface area (Å²) in [6.07, 6.45) is 3.26. The fourth-order valence-electron chi connectivity index (χ4n) is 4.06. The smallest absolute Gasteiger partial charge is 0.225 e. The van der Waals surface area contributed by atoms with E-state index in [1.807, 2.05) is 24.3 Å². The summed E-state index contributed by atoms with van der Waals surface area (Å²) < 4.78 is 19.1. The van der Waals surface area contributed by atoms with Crippen LogP contribution in [0.1, 0.15) is 18.4 Å². The second-order valence-electron chi connectivity index (χ2n) is 7.60. The molecule has 1 atom stereocenters. The number of halogens is 1. The number of hydrogen-bond acceptors (Lipinski definition) is 5. The number of aromatic nitrogens is 2. The second-order valence-corrected chi connectivity index (χ2v) is 7.60. The summed E-state index contributed by atoms with van der Waals surface area (Å²) >= 11 is 0. The summed E-state index contributed by atoms with van der Waals surface area (Å²) in [7, 11) is 0. The fraction of sp³-hybridized carbons (Fsp3) is 0.261. The number of hydrogen-bond donors (Lipinski definition) is 1. The number of anilines is 1. The monoisotopic (exact) mass is 404 g/mol. The third-order valence-corrected chi connectivity index (χ3v) is 5.61. The Morgan fingerprint density at radius 1 is 1.17 bits per heavy atom. The summed E-state index contributed by atoms with van der Waals surface area (Å²) in [5.74, 6) is 0.300. The van der Waals surface area contributed by atoms with E-state index in [0.29, 0.717) is 18.7 Å². The highest BCUT2D eigenvalue weighted by Gasteiger charge is 2.28. The van der Waals surface area contributed by atoms with E-state index in [-0.39, 0.29) is 17.6 Å². The molecule has 2 aromatic carbocycles. The lowest BCUT2D eigenvalue weighted by Crippen LogP contribution is -2.43. The predicted molar refractivity (Wildman–Crippen MR) is 112 cm³/mol. The zero-order valence-electron chi connectivity index (χ0n) is 16.3. The summed E-state index contributed by atoms with van der Waals surface area (Å²) in [6, 6.07) is 14.0. The molecule has 1 fully saturated rings. The highest BCUT2D eigenvalue weighted by atomic mass is 19.1. The third kappa shape index (κ3) is 3.47. The van der Waals surface area contributed by atoms with Gasteiger partial charge in [0.25, 0.3) is 0 Å². The normalized spacial score (nSPS) is 16.8. The van der Waals surface area contributed by atoms with Crippen molar-refractivity contribution in [1.82, 2.24) is 15.3 Å². The van der Waals surface area contributed by atoms with E-state index < -0.39 is 0 Å². The molecule has 1 aliphatic rings. The maximum atomic E-state index is 13.0. The van der Waals surface area contributed by atoms with Crippen LogP contribution in [0, 0.1) is 11.7 Å². The molecule has 2 aromatic heterocycles. The summed E-state index contributed by atoms with van der Waals surface area (Å²) in [4.78, 5) is 23.7. The molecule has 6 nitrogen and oxygen atoms in total. The van der Waals surface area contributed by atoms with Crippen LogP contribution in [0.15, 0.2) is 59.3 Å². The van der Waals surface area contributed by atoms with Crippen LogP contribution in [0.25, 0.3) is 22.1 Å². The largest absolute Gasteiger partial charge is 0.450 e. The van der Waals surface area contributed by atoms with Gasteiger partial charge in [0.2, 0.25) is 5.91 Å². The molecule has 1 unspecified atom stereocenters. The first-order chi connectivity index (χ1) is 14.7. The Balaban J connectivity index is 1.34. The SMILES string of the molecule is O=C(NCc1ccc(F)cc1)C1CCCN(c2ncnc3c2oc2ccccc23)C1. The predicted octanol–water partition coefficient (Wildman–Crippen LogP) is 4.05. The first kappa shape index (κ1) is 18.5. The van der Waals surface area contributed by atoms with Gasteiger partial charge in [0.1, 0.15) is 23.2 Å². The Morgan fingerprint density at radius 3 is 2.87 bits per heavy atom. The van der Waals surface area contributed by atoms with Gasteiger partial charge in [-0.1, -0.05) is 24.3 Å². The molecule has 1 amide bonds. The molecule has 0 bridgehead atoms. The van der Waals surface area contributed by atoms with Gasteiger partial charge in [-0.15, -0.1) is 0 Å². The molecule has 0 radical (unpaired) electrons. The molecule has 1 saturated heterocycles. The molecule has 1 N–H and O–H groups in total. The fourth-order valence-corrected chi connectivity index (χ4v) is 4.06. The molecule has 30 heavy (non-hydrogen) atoms. The molecule has 1 aliphatic heterocycles. The van der Waals surface area contributed by atoms with Gasteiger partial charge in [0, 0.05) is 25.0 Å². The number of fused-ring (bicyclic) bond motifs is 3. The number of carbonyl (C=O) groups is 1. The van der Waals surface area contributed by atoms with E-state index in [0.717, 1.165) is 47.3 Å². The van der Waals surface area contributed by atoms with Crippen LogP contribution >= 0.6 is 0 Å². The van der Waals surface area contributed by atoms with Gasteiger partial charge in [0.05, 0.1) is 5.92 Å². The van der Waals surface area contributed by atoms with Crippen LogP contribution in [0.2, 0.25) is 0 Å². The highest BCUT2D eigenvalue weighted by Crippen LogP contribution is 2.33. The van der Waals surface area contributed by atoms with E-state index in [4.69, 9.17) is 4.42 Å². The van der Waals surface area contributed by atoms with Crippen LogP contribution in [-0.2, 0) is 11.3 Å². The minimum atomic E-state index is -0.283. The summed E-state index contributed by atoms with van der Waals surface area (Å²) in [6.45, 7) is 1.76. The molecular weight excluding hydrogens is 383 g/mol. The number of carbonyl (C=O) groups excluding carboxylic acids is 1. The number of furan rings is 1. The van der Waals surface area contributed by atoms with E-state index >= 15 is 0 Å². The lowest BCUT2D eigenvalue weighted by molar-refractivity contribution is -0.125. The van der Waals surface area contributed by atoms with Crippen LogP contribution in [-0.4, -0.2) is 29.0 Å². The van der Waals surface area contributed by atoms with E-state index in [9.17, 15) is 9.18 Å². The minimum absolute atomic E-state index is 0.000990. The Kier molecular flexibility index (Phi) is 4.78. The summed E-state index contributed by atoms with van der Waals surface area (Å²) in [5.41, 5.74) is 3.10. The number of nitrogens with zero attached hydrogens (tertiary/aromatic N) is 3. The number of nitrogens with one attached hydrogen (secondary N) is 1. The van der Waals surface area contributed by atoms with Crippen LogP contribution in [0.5, 0.6) is 0 Å². The zero-order chi connectivity index (χ0) is 20.5. The molecule has 0 spiro atoms. The van der Waals surface area contributed by atoms with Crippen molar-refractivity contribution in [1.29, 1.82) is 0 Å². The Labute approximate surface area is 172 Å². The van der Waals surface area contributed by atoms with Crippen molar-refractivity contribution < 1.29 is 13.6 Å². The maximum absolute atomic E-state index is 13.0. The number of para-hydroxylation sites is 1. The molecule has 3 heterocycles. The first-order valence-electron chi connectivity index (χ1n) is 10.1. The molecule has 0 saturated carbocycles. The van der Waals surface area contributed by atoms with Crippen molar-refractivity contribution in [3.05, 3.63) is 66.2 Å². The Bertz CT molecular complexity index is 1210. The second kappa shape index (κ2) is 7.74. The van der Waals surface area contributed by atoms with Crippen LogP contribution < -0.4 is 10.2 Å². The minimum Gasteiger partial charge on any atom is -0.450 e. The van der Waals surface area contributed by atoms with Gasteiger partial charge in [-0.2, -0.15) is 0 Å². The van der Waals surface area contributed by atoms with Gasteiger partial charge >= 0.3 is 0 Å². The molecule has 4 aromatic rings. The van der Waals surface area contributed by atoms with Crippen LogP contribution in [0.3, 0.4) is 0 Å². The number of benzene rings is 2. The number of piperidine rings is 1. The van der Waals surface area contributed by atoms with Crippen molar-refractivity contribution in [2.45, 2.75) is 19.4 Å². The standard InChI is InChI=1S/C23H21FN4O2/c24-17-9-7-15(8-10-17)12-25-23(29)16-4-3-11-28(13-16)22-21-20(26-14-27-22)18-5-1-2-6-19(18)30-21/h1-2,5-10,14,16H,3-4,11-13H2,(H,25,29). The van der Waals surface area contributed by atoms with Crippen molar-refractivity contribution in [3.8, 4) is 0 Å². The van der Waals surface area contributed by atoms with E-state index in [1.54, 1.807) is 18.5 Å². The van der Waals surface area contributed by atoms with Crippen molar-refractivity contribution >= 4 is 33.8 Å². The van der Waals surface area contributed by atoms with Crippen LogP contribution in [0.4, 0.5) is 10.2 Å². The highest BCUT2D eigenvalue weighted by molar-refractivity contribution is 6.05. The Hall–Kier alpha value is -3.48. The zero-order valence-corrected chi connectivity index (χ0v) is 16.3. The van der Waals surface area contributed by atoms with Crippen molar-refractivity contribution in [3.63, 3.8) is 0 Å². The van der Waals surface area contributed by atoms with Gasteiger partial charge in [-0.3, -0.25) is 4.79 Å². The molecular formula is C23H21FN4O2. The first-order valence-corrected chi connectivity index (χ1v) is 10.1. The summed E-state index contributed by atoms with van der Waals surface area (Å²) in [5, 5.41) is 3.93. The Morgan fingerprint density at radius 2 is 2.00 bits per heavy atom. The lowest BCUT2D eigenvalue weighted by Gasteiger charge is -2.32. The van der Waals surface area contributed by atoms with E-state index in [1.165, 1.54) is 12.1 Å². The van der Waals surface area contributed by atoms with Crippen molar-refractivity contribution in [2.75, 3.05) is 18.0 Å². The van der Waals surface area contributed by atoms with Gasteiger partial charge in [-0.25, -0.2) is 14.4 Å². The molecule has 5 rings (SSSR count). The van der Waals surface area contributed by atoms with Gasteiger partial charge in [0.15, 0.2) is 11.4 Å². The average molecular weight is 404 g/mol. The quantitative estimate of drug-likeness (QED) is 0.556. The molecule has 0 aliphatic carbocycles. The molecule has 152 valence electrons. The van der Waals surface area contributed by atoms with Gasteiger partial charge in [-0.05, 0) is 42.7 Å². The van der Waals surface area contributed by atoms with Gasteiger partial charge < -0.3 is 14.6 Å². The number of amides is 1.